The summed E-state index contributed by atoms with van der Waals surface area (Å²) in [5.41, 5.74) is 0. The van der Waals surface area contributed by atoms with Gasteiger partial charge in [-0.1, -0.05) is 25.5 Å². The molecule has 0 spiro atoms. The molecule has 0 saturated carbocycles. The van der Waals surface area contributed by atoms with Crippen molar-refractivity contribution in [1.82, 2.24) is 0 Å². The molecular formula is C11H16O3. The van der Waals surface area contributed by atoms with Gasteiger partial charge in [-0.3, -0.25) is 4.79 Å². The molecule has 2 bridgehead atoms. The third-order valence-electron chi connectivity index (χ3n) is 3.21. The van der Waals surface area contributed by atoms with Crippen molar-refractivity contribution in [2.24, 2.45) is 11.8 Å². The largest absolute Gasteiger partial charge is 0.481 e. The van der Waals surface area contributed by atoms with Crippen molar-refractivity contribution in [2.45, 2.75) is 38.4 Å². The molecule has 1 fully saturated rings. The number of hydrogen-bond acceptors (Lipinski definition) is 2. The lowest BCUT2D eigenvalue weighted by Crippen LogP contribution is -2.29. The van der Waals surface area contributed by atoms with Gasteiger partial charge in [-0.05, 0) is 12.8 Å². The first-order valence-corrected chi connectivity index (χ1v) is 5.29. The summed E-state index contributed by atoms with van der Waals surface area (Å²) in [5, 5.41) is 9.11. The van der Waals surface area contributed by atoms with Crippen LogP contribution in [0.15, 0.2) is 12.2 Å². The van der Waals surface area contributed by atoms with E-state index < -0.39 is 5.97 Å². The van der Waals surface area contributed by atoms with Crippen molar-refractivity contribution in [2.75, 3.05) is 0 Å². The maximum Gasteiger partial charge on any atom is 0.306 e. The Balaban J connectivity index is 2.05. The van der Waals surface area contributed by atoms with E-state index in [1.807, 2.05) is 19.1 Å². The highest BCUT2D eigenvalue weighted by atomic mass is 16.5. The van der Waals surface area contributed by atoms with Gasteiger partial charge in [0.15, 0.2) is 0 Å². The molecule has 78 valence electrons. The molecule has 2 aliphatic heterocycles. The van der Waals surface area contributed by atoms with Crippen molar-refractivity contribution in [3.63, 3.8) is 0 Å². The lowest BCUT2D eigenvalue weighted by Gasteiger charge is -2.22. The minimum absolute atomic E-state index is 0.0626. The Labute approximate surface area is 83.8 Å². The number of fused-ring (bicyclic) bond motifs is 2. The number of aliphatic carboxylic acids is 1. The second kappa shape index (κ2) is 3.73. The van der Waals surface area contributed by atoms with Crippen LogP contribution in [-0.4, -0.2) is 23.3 Å². The topological polar surface area (TPSA) is 46.5 Å². The highest BCUT2D eigenvalue weighted by Gasteiger charge is 2.43. The number of rotatable bonds is 4. The standard InChI is InChI=1S/C11H16O3/c1-2-3-8(11(12)13)9-6-7-4-5-10(9)14-7/h4-5,7-10H,2-3,6H2,1H3,(H,12,13). The fraction of sp³-hybridized carbons (Fsp3) is 0.727. The minimum Gasteiger partial charge on any atom is -0.481 e. The van der Waals surface area contributed by atoms with Crippen molar-refractivity contribution < 1.29 is 14.6 Å². The van der Waals surface area contributed by atoms with Gasteiger partial charge in [0.2, 0.25) is 0 Å². The van der Waals surface area contributed by atoms with E-state index >= 15 is 0 Å². The first-order chi connectivity index (χ1) is 6.72. The maximum absolute atomic E-state index is 11.1. The van der Waals surface area contributed by atoms with Crippen LogP contribution in [0, 0.1) is 11.8 Å². The molecule has 14 heavy (non-hydrogen) atoms. The lowest BCUT2D eigenvalue weighted by atomic mass is 9.80. The third kappa shape index (κ3) is 1.57. The van der Waals surface area contributed by atoms with E-state index in [1.54, 1.807) is 0 Å². The highest BCUT2D eigenvalue weighted by Crippen LogP contribution is 2.39. The molecule has 3 heteroatoms. The summed E-state index contributed by atoms with van der Waals surface area (Å²) in [6, 6.07) is 0. The molecule has 2 rings (SSSR count). The molecule has 1 saturated heterocycles. The molecule has 2 aliphatic rings. The summed E-state index contributed by atoms with van der Waals surface area (Å²) in [6.07, 6.45) is 6.89. The zero-order valence-corrected chi connectivity index (χ0v) is 8.35. The van der Waals surface area contributed by atoms with Gasteiger partial charge in [0.05, 0.1) is 18.1 Å². The van der Waals surface area contributed by atoms with Gasteiger partial charge in [-0.25, -0.2) is 0 Å². The fourth-order valence-electron chi connectivity index (χ4n) is 2.53. The van der Waals surface area contributed by atoms with Crippen LogP contribution in [0.4, 0.5) is 0 Å². The predicted molar refractivity (Wildman–Crippen MR) is 51.9 cm³/mol. The molecule has 2 heterocycles. The van der Waals surface area contributed by atoms with E-state index in [-0.39, 0.29) is 24.0 Å². The Bertz CT molecular complexity index is 259. The molecule has 0 amide bonds. The Hall–Kier alpha value is -0.830. The number of carboxylic acids is 1. The van der Waals surface area contributed by atoms with E-state index in [0.29, 0.717) is 0 Å². The van der Waals surface area contributed by atoms with Gasteiger partial charge in [-0.15, -0.1) is 0 Å². The van der Waals surface area contributed by atoms with Crippen LogP contribution in [0.25, 0.3) is 0 Å². The predicted octanol–water partition coefficient (Wildman–Crippen LogP) is 1.83. The first-order valence-electron chi connectivity index (χ1n) is 5.29. The van der Waals surface area contributed by atoms with Crippen LogP contribution >= 0.6 is 0 Å². The van der Waals surface area contributed by atoms with Gasteiger partial charge in [0.25, 0.3) is 0 Å². The molecule has 0 aliphatic carbocycles. The summed E-state index contributed by atoms with van der Waals surface area (Å²) < 4.78 is 5.59. The zero-order valence-electron chi connectivity index (χ0n) is 8.35. The summed E-state index contributed by atoms with van der Waals surface area (Å²) in [7, 11) is 0. The Morgan fingerprint density at radius 3 is 2.86 bits per heavy atom. The molecule has 4 atom stereocenters. The molecule has 1 N–H and O–H groups in total. The van der Waals surface area contributed by atoms with Crippen molar-refractivity contribution in [3.8, 4) is 0 Å². The highest BCUT2D eigenvalue weighted by molar-refractivity contribution is 5.70. The summed E-state index contributed by atoms with van der Waals surface area (Å²) in [5.74, 6) is -0.691. The maximum atomic E-state index is 11.1. The van der Waals surface area contributed by atoms with Crippen molar-refractivity contribution in [3.05, 3.63) is 12.2 Å². The van der Waals surface area contributed by atoms with Crippen molar-refractivity contribution in [1.29, 1.82) is 0 Å². The molecular weight excluding hydrogens is 180 g/mol. The molecule has 3 nitrogen and oxygen atoms in total. The quantitative estimate of drug-likeness (QED) is 0.698. The van der Waals surface area contributed by atoms with Gasteiger partial charge >= 0.3 is 5.97 Å². The molecule has 0 aromatic heterocycles. The first kappa shape index (κ1) is 9.71. The monoisotopic (exact) mass is 196 g/mol. The summed E-state index contributed by atoms with van der Waals surface area (Å²) in [4.78, 5) is 11.1. The van der Waals surface area contributed by atoms with E-state index in [4.69, 9.17) is 9.84 Å². The Morgan fingerprint density at radius 2 is 2.43 bits per heavy atom. The second-order valence-electron chi connectivity index (χ2n) is 4.16. The smallest absolute Gasteiger partial charge is 0.306 e. The molecule has 4 unspecified atom stereocenters. The van der Waals surface area contributed by atoms with Gasteiger partial charge in [-0.2, -0.15) is 0 Å². The van der Waals surface area contributed by atoms with Crippen LogP contribution in [-0.2, 0) is 9.53 Å². The third-order valence-corrected chi connectivity index (χ3v) is 3.21. The van der Waals surface area contributed by atoms with Crippen LogP contribution in [0.1, 0.15) is 26.2 Å². The fourth-order valence-corrected chi connectivity index (χ4v) is 2.53. The summed E-state index contributed by atoms with van der Waals surface area (Å²) in [6.45, 7) is 2.03. The SMILES string of the molecule is CCCC(C(=O)O)C1CC2C=CC1O2. The minimum atomic E-state index is -0.665. The number of ether oxygens (including phenoxy) is 1. The Kier molecular flexibility index (Phi) is 2.59. The number of hydrogen-bond donors (Lipinski definition) is 1. The molecule has 0 radical (unpaired) electrons. The molecule has 0 aromatic rings. The number of carboxylic acid groups (broad SMARTS) is 1. The van der Waals surface area contributed by atoms with Crippen LogP contribution in [0.2, 0.25) is 0 Å². The molecule has 0 aromatic carbocycles. The van der Waals surface area contributed by atoms with E-state index in [1.165, 1.54) is 0 Å². The second-order valence-corrected chi connectivity index (χ2v) is 4.16. The van der Waals surface area contributed by atoms with Gasteiger partial charge in [0, 0.05) is 5.92 Å². The summed E-state index contributed by atoms with van der Waals surface area (Å²) >= 11 is 0. The van der Waals surface area contributed by atoms with E-state index in [9.17, 15) is 4.79 Å². The lowest BCUT2D eigenvalue weighted by molar-refractivity contribution is -0.144. The van der Waals surface area contributed by atoms with Crippen LogP contribution in [0.5, 0.6) is 0 Å². The van der Waals surface area contributed by atoms with Crippen LogP contribution < -0.4 is 0 Å². The average molecular weight is 196 g/mol. The van der Waals surface area contributed by atoms with Crippen LogP contribution in [0.3, 0.4) is 0 Å². The van der Waals surface area contributed by atoms with Gasteiger partial charge in [0.1, 0.15) is 0 Å². The average Bonchev–Trinajstić information content (AvgIpc) is 2.74. The van der Waals surface area contributed by atoms with Gasteiger partial charge < -0.3 is 9.84 Å². The number of carbonyl (C=O) groups is 1. The zero-order chi connectivity index (χ0) is 10.1. The normalized spacial score (nSPS) is 36.2. The Morgan fingerprint density at radius 1 is 1.64 bits per heavy atom. The van der Waals surface area contributed by atoms with E-state index in [2.05, 4.69) is 0 Å². The van der Waals surface area contributed by atoms with Crippen molar-refractivity contribution >= 4 is 5.97 Å². The van der Waals surface area contributed by atoms with E-state index in [0.717, 1.165) is 19.3 Å².